The topological polar surface area (TPSA) is 66.0 Å². The SMILES string of the molecule is Cc1cc2c(c(C)c1/C=C/SN1CCC3(CC1)N=C(C1CCC(C)CC1)NC3=O)OCN2. The maximum atomic E-state index is 12.9. The number of anilines is 1. The average Bonchev–Trinajstić information content (AvgIpc) is 3.37. The van der Waals surface area contributed by atoms with Crippen LogP contribution in [0.5, 0.6) is 5.75 Å². The first-order valence-corrected chi connectivity index (χ1v) is 12.8. The minimum atomic E-state index is -0.531. The summed E-state index contributed by atoms with van der Waals surface area (Å²) in [5, 5.41) is 8.59. The van der Waals surface area contributed by atoms with Gasteiger partial charge in [0.25, 0.3) is 5.91 Å². The molecule has 4 aliphatic rings. The highest BCUT2D eigenvalue weighted by molar-refractivity contribution is 8.00. The number of benzene rings is 1. The molecule has 1 saturated heterocycles. The fourth-order valence-corrected chi connectivity index (χ4v) is 6.26. The summed E-state index contributed by atoms with van der Waals surface area (Å²) < 4.78 is 8.08. The standard InChI is InChI=1S/C25H34N4O2S/c1-16-4-6-19(7-5-16)23-27-24(30)25(28-23)9-11-29(12-10-25)32-13-8-20-17(2)14-21-22(18(20)3)31-15-26-21/h8,13-14,16,19,26H,4-7,9-12,15H2,1-3H3,(H,27,28,30)/b13-8+. The van der Waals surface area contributed by atoms with Gasteiger partial charge in [-0.2, -0.15) is 0 Å². The van der Waals surface area contributed by atoms with E-state index in [0.717, 1.165) is 62.0 Å². The Labute approximate surface area is 195 Å². The van der Waals surface area contributed by atoms with Crippen LogP contribution in [0.15, 0.2) is 16.5 Å². The van der Waals surface area contributed by atoms with E-state index in [4.69, 9.17) is 9.73 Å². The van der Waals surface area contributed by atoms with Crippen molar-refractivity contribution in [2.45, 2.75) is 64.8 Å². The highest BCUT2D eigenvalue weighted by Gasteiger charge is 2.47. The Hall–Kier alpha value is -1.99. The Morgan fingerprint density at radius 2 is 1.97 bits per heavy atom. The van der Waals surface area contributed by atoms with Gasteiger partial charge >= 0.3 is 0 Å². The molecule has 2 N–H and O–H groups in total. The van der Waals surface area contributed by atoms with Crippen molar-refractivity contribution in [3.63, 3.8) is 0 Å². The monoisotopic (exact) mass is 454 g/mol. The van der Waals surface area contributed by atoms with Gasteiger partial charge in [0.2, 0.25) is 0 Å². The van der Waals surface area contributed by atoms with Gasteiger partial charge < -0.3 is 15.4 Å². The molecule has 0 unspecified atom stereocenters. The Morgan fingerprint density at radius 3 is 2.72 bits per heavy atom. The third-order valence-electron chi connectivity index (χ3n) is 7.65. The number of carbonyl (C=O) groups excluding carboxylic acids is 1. The van der Waals surface area contributed by atoms with Crippen molar-refractivity contribution in [2.24, 2.45) is 16.8 Å². The molecule has 3 aliphatic heterocycles. The van der Waals surface area contributed by atoms with Crippen LogP contribution >= 0.6 is 11.9 Å². The number of carbonyl (C=O) groups is 1. The highest BCUT2D eigenvalue weighted by atomic mass is 32.2. The van der Waals surface area contributed by atoms with Gasteiger partial charge in [-0.3, -0.25) is 9.79 Å². The number of amidine groups is 1. The van der Waals surface area contributed by atoms with Crippen LogP contribution in [0.4, 0.5) is 5.69 Å². The number of ether oxygens (including phenoxy) is 1. The normalized spacial score (nSPS) is 27.2. The smallest absolute Gasteiger partial charge is 0.253 e. The van der Waals surface area contributed by atoms with Gasteiger partial charge in [0.05, 0.1) is 5.69 Å². The second-order valence-corrected chi connectivity index (χ2v) is 10.9. The predicted molar refractivity (Wildman–Crippen MR) is 132 cm³/mol. The van der Waals surface area contributed by atoms with Crippen LogP contribution < -0.4 is 15.4 Å². The number of amides is 1. The molecule has 0 aromatic heterocycles. The molecule has 0 atom stereocenters. The van der Waals surface area contributed by atoms with Crippen LogP contribution in [0.2, 0.25) is 0 Å². The number of rotatable bonds is 4. The van der Waals surface area contributed by atoms with Crippen LogP contribution in [0.1, 0.15) is 62.1 Å². The zero-order valence-corrected chi connectivity index (χ0v) is 20.2. The number of aliphatic imine (C=N–C) groups is 1. The molecule has 1 aliphatic carbocycles. The number of nitrogens with zero attached hydrogens (tertiary/aromatic N) is 2. The van der Waals surface area contributed by atoms with E-state index in [1.807, 2.05) is 0 Å². The highest BCUT2D eigenvalue weighted by Crippen LogP contribution is 2.39. The number of aryl methyl sites for hydroxylation is 1. The maximum Gasteiger partial charge on any atom is 0.253 e. The molecule has 1 amide bonds. The van der Waals surface area contributed by atoms with E-state index in [2.05, 4.69) is 53.3 Å². The van der Waals surface area contributed by atoms with Gasteiger partial charge in [-0.1, -0.05) is 31.7 Å². The zero-order chi connectivity index (χ0) is 22.3. The van der Waals surface area contributed by atoms with Crippen LogP contribution in [0.25, 0.3) is 6.08 Å². The summed E-state index contributed by atoms with van der Waals surface area (Å²) in [6.45, 7) is 8.88. The number of hydrogen-bond donors (Lipinski definition) is 2. The van der Waals surface area contributed by atoms with Crippen molar-refractivity contribution in [1.29, 1.82) is 0 Å². The third-order valence-corrected chi connectivity index (χ3v) is 8.57. The summed E-state index contributed by atoms with van der Waals surface area (Å²) in [4.78, 5) is 17.9. The molecule has 7 heteroatoms. The molecule has 5 rings (SSSR count). The Bertz CT molecular complexity index is 957. The summed E-state index contributed by atoms with van der Waals surface area (Å²) in [6, 6.07) is 2.16. The van der Waals surface area contributed by atoms with Gasteiger partial charge in [0, 0.05) is 24.6 Å². The number of piperidine rings is 1. The van der Waals surface area contributed by atoms with Crippen molar-refractivity contribution in [3.8, 4) is 5.75 Å². The van der Waals surface area contributed by atoms with Crippen LogP contribution in [-0.2, 0) is 4.79 Å². The van der Waals surface area contributed by atoms with Crippen LogP contribution in [-0.4, -0.2) is 41.4 Å². The molecule has 1 saturated carbocycles. The lowest BCUT2D eigenvalue weighted by atomic mass is 9.82. The van der Waals surface area contributed by atoms with Crippen LogP contribution in [0.3, 0.4) is 0 Å². The van der Waals surface area contributed by atoms with E-state index in [0.29, 0.717) is 12.6 Å². The van der Waals surface area contributed by atoms with E-state index >= 15 is 0 Å². The molecular weight excluding hydrogens is 420 g/mol. The number of nitrogens with one attached hydrogen (secondary N) is 2. The first-order chi connectivity index (χ1) is 15.4. The molecule has 1 aromatic carbocycles. The zero-order valence-electron chi connectivity index (χ0n) is 19.4. The first kappa shape index (κ1) is 21.8. The fraction of sp³-hybridized carbons (Fsp3) is 0.600. The van der Waals surface area contributed by atoms with Crippen LogP contribution in [0, 0.1) is 25.7 Å². The average molecular weight is 455 g/mol. The Morgan fingerprint density at radius 1 is 1.22 bits per heavy atom. The molecular formula is C25H34N4O2S. The number of hydrogen-bond acceptors (Lipinski definition) is 6. The van der Waals surface area contributed by atoms with Gasteiger partial charge in [0.15, 0.2) is 6.73 Å². The predicted octanol–water partition coefficient (Wildman–Crippen LogP) is 4.87. The van der Waals surface area contributed by atoms with Crippen molar-refractivity contribution in [2.75, 3.05) is 25.1 Å². The van der Waals surface area contributed by atoms with Crippen molar-refractivity contribution in [1.82, 2.24) is 9.62 Å². The molecule has 1 spiro atoms. The lowest BCUT2D eigenvalue weighted by Gasteiger charge is -2.34. The van der Waals surface area contributed by atoms with E-state index in [1.165, 1.54) is 29.5 Å². The summed E-state index contributed by atoms with van der Waals surface area (Å²) in [5.41, 5.74) is 4.20. The van der Waals surface area contributed by atoms with Gasteiger partial charge in [-0.25, -0.2) is 4.31 Å². The lowest BCUT2D eigenvalue weighted by Crippen LogP contribution is -2.47. The second kappa shape index (κ2) is 8.75. The third kappa shape index (κ3) is 4.05. The van der Waals surface area contributed by atoms with E-state index in [9.17, 15) is 4.79 Å². The van der Waals surface area contributed by atoms with Gasteiger partial charge in [-0.15, -0.1) is 0 Å². The fourth-order valence-electron chi connectivity index (χ4n) is 5.49. The van der Waals surface area contributed by atoms with Crippen molar-refractivity contribution < 1.29 is 9.53 Å². The van der Waals surface area contributed by atoms with Crippen molar-refractivity contribution in [3.05, 3.63) is 28.2 Å². The molecule has 0 bridgehead atoms. The maximum absolute atomic E-state index is 12.9. The summed E-state index contributed by atoms with van der Waals surface area (Å²) in [7, 11) is 0. The minimum absolute atomic E-state index is 0.129. The molecule has 32 heavy (non-hydrogen) atoms. The largest absolute Gasteiger partial charge is 0.471 e. The van der Waals surface area contributed by atoms with Gasteiger partial charge in [0.1, 0.15) is 17.1 Å². The summed E-state index contributed by atoms with van der Waals surface area (Å²) in [5.74, 6) is 3.32. The molecule has 1 aromatic rings. The Kier molecular flexibility index (Phi) is 5.97. The van der Waals surface area contributed by atoms with E-state index < -0.39 is 5.54 Å². The molecule has 3 heterocycles. The quantitative estimate of drug-likeness (QED) is 0.635. The van der Waals surface area contributed by atoms with Crippen molar-refractivity contribution >= 4 is 35.5 Å². The van der Waals surface area contributed by atoms with Gasteiger partial charge in [-0.05, 0) is 74.1 Å². The van der Waals surface area contributed by atoms with E-state index in [1.54, 1.807) is 11.9 Å². The minimum Gasteiger partial charge on any atom is -0.471 e. The second-order valence-electron chi connectivity index (χ2n) is 9.85. The molecule has 2 fully saturated rings. The Balaban J connectivity index is 1.19. The first-order valence-electron chi connectivity index (χ1n) is 12.0. The lowest BCUT2D eigenvalue weighted by molar-refractivity contribution is -0.124. The van der Waals surface area contributed by atoms with E-state index in [-0.39, 0.29) is 5.91 Å². The molecule has 0 radical (unpaired) electrons. The summed E-state index contributed by atoms with van der Waals surface area (Å²) >= 11 is 1.73. The summed E-state index contributed by atoms with van der Waals surface area (Å²) in [6.07, 6.45) is 8.58. The molecule has 172 valence electrons. The number of fused-ring (bicyclic) bond motifs is 1. The molecule has 6 nitrogen and oxygen atoms in total.